The molecule has 25 heteroatoms. The van der Waals surface area contributed by atoms with Gasteiger partial charge >= 0.3 is 0 Å². The molecule has 2 fully saturated rings. The standard InChI is InChI=1S/C24H34N10O11P2S2/c1-11(2)3-26-24-31-21-16(22(37)32-24)30-10-34(21)23-18-17(36)13(44-23)7-42-46(38,48)40-5-12(6-41-47(39,49)45-18)43-14(4-35)33-9-29-15-19(25)27-8-28-20(15)33/h8-14,17-18,23,35-36H,3-7H2,1-2H3,(H,38,48)(H,39,49)(H2,25,27,28)(H2,26,31,32,37)/p-2/t12-,13+,14+,17?,18-,23+,46?,47?/m0/s1. The van der Waals surface area contributed by atoms with Crippen molar-refractivity contribution in [1.29, 1.82) is 0 Å². The lowest BCUT2D eigenvalue weighted by Crippen LogP contribution is -2.36. The largest absolute Gasteiger partial charge is 0.780 e. The topological polar surface area (TPSA) is 287 Å². The van der Waals surface area contributed by atoms with Gasteiger partial charge in [0.2, 0.25) is 5.95 Å². The normalized spacial score (nSPS) is 30.6. The quantitative estimate of drug-likeness (QED) is 0.126. The number of nitrogens with two attached hydrogens (primary N) is 1. The molecule has 0 aromatic carbocycles. The molecule has 0 amide bonds. The van der Waals surface area contributed by atoms with Crippen molar-refractivity contribution >= 4 is 71.1 Å². The fraction of sp³-hybridized carbons (Fsp3) is 0.583. The van der Waals surface area contributed by atoms with Gasteiger partial charge in [0.15, 0.2) is 35.1 Å². The van der Waals surface area contributed by atoms with Crippen molar-refractivity contribution in [3.05, 3.63) is 29.3 Å². The minimum Gasteiger partial charge on any atom is -0.780 e. The highest BCUT2D eigenvalue weighted by Gasteiger charge is 2.48. The predicted octanol–water partition coefficient (Wildman–Crippen LogP) is -1.64. The van der Waals surface area contributed by atoms with E-state index < -0.39 is 82.3 Å². The maximum Gasteiger partial charge on any atom is 0.280 e. The number of imidazole rings is 2. The molecule has 2 aliphatic rings. The third kappa shape index (κ3) is 8.00. The fourth-order valence-electron chi connectivity index (χ4n) is 5.05. The molecule has 0 aliphatic carbocycles. The SMILES string of the molecule is CC(C)CNc1nc2c(ncn2[C@@H]2O[C@@H]3COP([O-])(=S)OC[C@H](O[C@H](CO)n4cnc5c(N)ncnc54)COP([O-])(=S)O[C@H]2C3O)c(=O)[nH]1. The zero-order chi connectivity index (χ0) is 35.1. The molecule has 6 rings (SSSR count). The molecule has 49 heavy (non-hydrogen) atoms. The molecule has 0 radical (unpaired) electrons. The Balaban J connectivity index is 1.28. The highest BCUT2D eigenvalue weighted by molar-refractivity contribution is 8.06. The summed E-state index contributed by atoms with van der Waals surface area (Å²) in [5, 5.41) is 24.5. The molecule has 6 heterocycles. The third-order valence-electron chi connectivity index (χ3n) is 7.38. The van der Waals surface area contributed by atoms with E-state index in [2.05, 4.69) is 35.2 Å². The van der Waals surface area contributed by atoms with Crippen LogP contribution in [0.15, 0.2) is 23.8 Å². The Kier molecular flexibility index (Phi) is 10.8. The summed E-state index contributed by atoms with van der Waals surface area (Å²) in [6.07, 6.45) is -4.35. The van der Waals surface area contributed by atoms with Crippen LogP contribution in [0.1, 0.15) is 26.3 Å². The second-order valence-electron chi connectivity index (χ2n) is 11.4. The van der Waals surface area contributed by atoms with Gasteiger partial charge in [0.05, 0.1) is 39.1 Å². The Morgan fingerprint density at radius 1 is 1.10 bits per heavy atom. The second kappa shape index (κ2) is 14.6. The van der Waals surface area contributed by atoms with E-state index in [1.807, 2.05) is 13.8 Å². The zero-order valence-electron chi connectivity index (χ0n) is 25.8. The average molecular weight is 763 g/mol. The zero-order valence-corrected chi connectivity index (χ0v) is 29.2. The van der Waals surface area contributed by atoms with E-state index in [9.17, 15) is 24.8 Å². The lowest BCUT2D eigenvalue weighted by atomic mass is 10.1. The molecule has 4 aromatic heterocycles. The first-order valence-corrected chi connectivity index (χ1v) is 19.8. The summed E-state index contributed by atoms with van der Waals surface area (Å²) in [6.45, 7) is -6.62. The van der Waals surface area contributed by atoms with E-state index in [0.29, 0.717) is 6.54 Å². The Morgan fingerprint density at radius 3 is 2.55 bits per heavy atom. The van der Waals surface area contributed by atoms with Crippen LogP contribution in [0.25, 0.3) is 22.3 Å². The van der Waals surface area contributed by atoms with Crippen molar-refractivity contribution in [3.8, 4) is 0 Å². The summed E-state index contributed by atoms with van der Waals surface area (Å²) in [4.78, 5) is 62.9. The van der Waals surface area contributed by atoms with Crippen LogP contribution < -0.4 is 26.4 Å². The minimum atomic E-state index is -4.48. The summed E-state index contributed by atoms with van der Waals surface area (Å²) in [5.41, 5.74) is 5.78. The number of nitrogen functional groups attached to an aromatic ring is 1. The summed E-state index contributed by atoms with van der Waals surface area (Å²) >= 11 is 10.2. The number of H-pyrrole nitrogens is 1. The fourth-order valence-corrected chi connectivity index (χ4v) is 7.58. The Bertz CT molecular complexity index is 1960. The highest BCUT2D eigenvalue weighted by atomic mass is 32.5. The van der Waals surface area contributed by atoms with E-state index in [1.54, 1.807) is 0 Å². The molecule has 0 spiro atoms. The molecule has 268 valence electrons. The summed E-state index contributed by atoms with van der Waals surface area (Å²) in [7, 11) is 0. The van der Waals surface area contributed by atoms with E-state index >= 15 is 0 Å². The molecule has 8 atom stereocenters. The number of nitrogens with one attached hydrogen (secondary N) is 2. The number of anilines is 2. The van der Waals surface area contributed by atoms with Crippen LogP contribution in [0.4, 0.5) is 11.8 Å². The molecule has 0 saturated carbocycles. The van der Waals surface area contributed by atoms with Crippen molar-refractivity contribution < 1.29 is 47.6 Å². The van der Waals surface area contributed by atoms with Gasteiger partial charge in [-0.15, -0.1) is 0 Å². The van der Waals surface area contributed by atoms with Gasteiger partial charge in [-0.05, 0) is 5.92 Å². The van der Waals surface area contributed by atoms with Gasteiger partial charge in [-0.2, -0.15) is 4.98 Å². The predicted molar refractivity (Wildman–Crippen MR) is 173 cm³/mol. The first-order chi connectivity index (χ1) is 23.2. The van der Waals surface area contributed by atoms with Gasteiger partial charge < -0.3 is 58.6 Å². The first-order valence-electron chi connectivity index (χ1n) is 14.7. The van der Waals surface area contributed by atoms with Crippen molar-refractivity contribution in [3.63, 3.8) is 0 Å². The first kappa shape index (κ1) is 36.2. The molecule has 3 unspecified atom stereocenters. The van der Waals surface area contributed by atoms with Crippen LogP contribution in [0.5, 0.6) is 0 Å². The van der Waals surface area contributed by atoms with Crippen molar-refractivity contribution in [1.82, 2.24) is 39.0 Å². The van der Waals surface area contributed by atoms with Crippen LogP contribution >= 0.6 is 13.4 Å². The molecule has 2 saturated heterocycles. The number of hydrogen-bond donors (Lipinski definition) is 5. The maximum atomic E-state index is 13.6. The molecule has 2 aliphatic heterocycles. The van der Waals surface area contributed by atoms with E-state index in [1.165, 1.54) is 28.1 Å². The summed E-state index contributed by atoms with van der Waals surface area (Å²) in [6, 6.07) is 0. The molecule has 6 N–H and O–H groups in total. The Labute approximate surface area is 287 Å². The van der Waals surface area contributed by atoms with Crippen LogP contribution in [-0.2, 0) is 51.2 Å². The van der Waals surface area contributed by atoms with Gasteiger partial charge in [-0.3, -0.25) is 18.9 Å². The van der Waals surface area contributed by atoms with Gasteiger partial charge in [-0.1, -0.05) is 37.5 Å². The molecule has 4 aromatic rings. The number of aromatic amines is 1. The lowest BCUT2D eigenvalue weighted by molar-refractivity contribution is -0.222. The van der Waals surface area contributed by atoms with Crippen LogP contribution in [-0.4, -0.2) is 107 Å². The number of aliphatic hydroxyl groups is 2. The van der Waals surface area contributed by atoms with Gasteiger partial charge in [-0.25, -0.2) is 19.9 Å². The summed E-state index contributed by atoms with van der Waals surface area (Å²) < 4.78 is 36.6. The third-order valence-corrected chi connectivity index (χ3v) is 10.5. The smallest absolute Gasteiger partial charge is 0.280 e. The minimum absolute atomic E-state index is 0.0449. The summed E-state index contributed by atoms with van der Waals surface area (Å²) in [5.74, 6) is 0.476. The monoisotopic (exact) mass is 762 g/mol. The van der Waals surface area contributed by atoms with Crippen LogP contribution in [0.3, 0.4) is 0 Å². The average Bonchev–Trinajstić information content (AvgIpc) is 3.75. The van der Waals surface area contributed by atoms with Gasteiger partial charge in [0, 0.05) is 6.54 Å². The number of ether oxygens (including phenoxy) is 2. The van der Waals surface area contributed by atoms with Crippen molar-refractivity contribution in [2.75, 3.05) is 44.0 Å². The van der Waals surface area contributed by atoms with E-state index in [4.69, 9.17) is 56.9 Å². The van der Waals surface area contributed by atoms with Gasteiger partial charge in [0.25, 0.3) is 5.56 Å². The number of hydrogen-bond acceptors (Lipinski definition) is 20. The van der Waals surface area contributed by atoms with Crippen molar-refractivity contribution in [2.45, 2.75) is 50.7 Å². The number of rotatable bonds is 8. The number of aromatic nitrogens is 8. The van der Waals surface area contributed by atoms with Crippen LogP contribution in [0.2, 0.25) is 0 Å². The van der Waals surface area contributed by atoms with Crippen LogP contribution in [0, 0.1) is 5.92 Å². The maximum absolute atomic E-state index is 13.6. The van der Waals surface area contributed by atoms with Gasteiger partial charge in [0.1, 0.15) is 49.7 Å². The Morgan fingerprint density at radius 2 is 1.82 bits per heavy atom. The second-order valence-corrected chi connectivity index (χ2v) is 16.9. The molecular formula is C24H32N10O11P2S2-2. The molecular weight excluding hydrogens is 730 g/mol. The van der Waals surface area contributed by atoms with Crippen molar-refractivity contribution in [2.24, 2.45) is 5.92 Å². The Hall–Kier alpha value is -2.60. The lowest BCUT2D eigenvalue weighted by Gasteiger charge is -2.35. The highest BCUT2D eigenvalue weighted by Crippen LogP contribution is 2.48. The number of aliphatic hydroxyl groups excluding tert-OH is 2. The van der Waals surface area contributed by atoms with E-state index in [-0.39, 0.29) is 40.0 Å². The molecule has 21 nitrogen and oxygen atoms in total. The van der Waals surface area contributed by atoms with E-state index in [0.717, 1.165) is 0 Å². The number of nitrogens with zero attached hydrogens (tertiary/aromatic N) is 7. The molecule has 2 bridgehead atoms. The number of fused-ring (bicyclic) bond motifs is 4.